The number of nitrogens with one attached hydrogen (secondary N) is 1. The van der Waals surface area contributed by atoms with Crippen LogP contribution in [-0.2, 0) is 17.9 Å². The van der Waals surface area contributed by atoms with E-state index in [4.69, 9.17) is 9.72 Å². The predicted octanol–water partition coefficient (Wildman–Crippen LogP) is 3.42. The Morgan fingerprint density at radius 2 is 2.14 bits per heavy atom. The molecule has 1 aromatic heterocycles. The molecule has 1 aliphatic rings. The highest BCUT2D eigenvalue weighted by Gasteiger charge is 2.20. The van der Waals surface area contributed by atoms with Crippen molar-refractivity contribution in [2.45, 2.75) is 52.2 Å². The molecular weight excluding hydrogens is 282 g/mol. The average molecular weight is 311 g/mol. The molecule has 0 amide bonds. The largest absolute Gasteiger partial charge is 0.378 e. The number of rotatable bonds is 9. The summed E-state index contributed by atoms with van der Waals surface area (Å²) in [4.78, 5) is 8.45. The number of hydrogen-bond donors (Lipinski definition) is 1. The molecule has 21 heavy (non-hydrogen) atoms. The van der Waals surface area contributed by atoms with E-state index in [2.05, 4.69) is 24.2 Å². The van der Waals surface area contributed by atoms with E-state index in [9.17, 15) is 0 Å². The fourth-order valence-corrected chi connectivity index (χ4v) is 3.96. The van der Waals surface area contributed by atoms with Crippen molar-refractivity contribution < 1.29 is 4.74 Å². The van der Waals surface area contributed by atoms with Crippen molar-refractivity contribution in [2.75, 3.05) is 32.1 Å². The summed E-state index contributed by atoms with van der Waals surface area (Å²) in [7, 11) is 3.92. The molecule has 4 nitrogen and oxygen atoms in total. The van der Waals surface area contributed by atoms with Gasteiger partial charge in [0.1, 0.15) is 0 Å². The lowest BCUT2D eigenvalue weighted by atomic mass is 10.1. The van der Waals surface area contributed by atoms with Crippen LogP contribution in [0.25, 0.3) is 0 Å². The Kier molecular flexibility index (Phi) is 6.93. The average Bonchev–Trinajstić information content (AvgIpc) is 3.10. The van der Waals surface area contributed by atoms with Crippen LogP contribution < -0.4 is 10.2 Å². The maximum absolute atomic E-state index is 5.30. The van der Waals surface area contributed by atoms with Crippen LogP contribution in [0.5, 0.6) is 0 Å². The molecule has 1 heterocycles. The van der Waals surface area contributed by atoms with E-state index in [-0.39, 0.29) is 0 Å². The summed E-state index contributed by atoms with van der Waals surface area (Å²) in [6.45, 7) is 5.90. The van der Waals surface area contributed by atoms with Crippen LogP contribution in [0.3, 0.4) is 0 Å². The van der Waals surface area contributed by atoms with Gasteiger partial charge < -0.3 is 15.0 Å². The molecular formula is C16H29N3OS. The minimum absolute atomic E-state index is 0.608. The van der Waals surface area contributed by atoms with Gasteiger partial charge in [0.2, 0.25) is 0 Å². The molecule has 0 saturated heterocycles. The Labute approximate surface area is 132 Å². The van der Waals surface area contributed by atoms with Gasteiger partial charge in [-0.15, -0.1) is 11.3 Å². The molecule has 0 bridgehead atoms. The molecule has 0 unspecified atom stereocenters. The van der Waals surface area contributed by atoms with Crippen molar-refractivity contribution in [3.63, 3.8) is 0 Å². The minimum Gasteiger partial charge on any atom is -0.378 e. The lowest BCUT2D eigenvalue weighted by Crippen LogP contribution is -2.23. The number of thiazole rings is 1. The molecule has 0 spiro atoms. The van der Waals surface area contributed by atoms with Gasteiger partial charge in [0.05, 0.1) is 12.3 Å². The zero-order valence-corrected chi connectivity index (χ0v) is 14.5. The van der Waals surface area contributed by atoms with Gasteiger partial charge in [0.15, 0.2) is 5.13 Å². The monoisotopic (exact) mass is 311 g/mol. The summed E-state index contributed by atoms with van der Waals surface area (Å²) in [5, 5.41) is 4.61. The van der Waals surface area contributed by atoms with E-state index in [0.717, 1.165) is 42.8 Å². The Bertz CT molecular complexity index is 416. The summed E-state index contributed by atoms with van der Waals surface area (Å²) in [5.74, 6) is 0.853. The molecule has 0 radical (unpaired) electrons. The second kappa shape index (κ2) is 8.71. The predicted molar refractivity (Wildman–Crippen MR) is 90.1 cm³/mol. The number of anilines is 1. The van der Waals surface area contributed by atoms with Gasteiger partial charge in [-0.1, -0.05) is 19.8 Å². The Balaban J connectivity index is 1.98. The number of aromatic nitrogens is 1. The summed E-state index contributed by atoms with van der Waals surface area (Å²) in [6, 6.07) is 0. The third kappa shape index (κ3) is 4.94. The van der Waals surface area contributed by atoms with Crippen LogP contribution in [0.4, 0.5) is 5.13 Å². The molecule has 1 N–H and O–H groups in total. The van der Waals surface area contributed by atoms with Gasteiger partial charge in [-0.25, -0.2) is 4.98 Å². The molecule has 1 fully saturated rings. The second-order valence-electron chi connectivity index (χ2n) is 6.01. The highest BCUT2D eigenvalue weighted by atomic mass is 32.1. The highest BCUT2D eigenvalue weighted by molar-refractivity contribution is 7.15. The first kappa shape index (κ1) is 16.7. The van der Waals surface area contributed by atoms with Gasteiger partial charge in [-0.05, 0) is 31.7 Å². The molecule has 2 rings (SSSR count). The fraction of sp³-hybridized carbons (Fsp3) is 0.812. The van der Waals surface area contributed by atoms with E-state index in [1.54, 1.807) is 7.11 Å². The van der Waals surface area contributed by atoms with E-state index in [1.807, 2.05) is 11.3 Å². The molecule has 0 aliphatic heterocycles. The lowest BCUT2D eigenvalue weighted by molar-refractivity contribution is 0.181. The highest BCUT2D eigenvalue weighted by Crippen LogP contribution is 2.30. The molecule has 1 aromatic rings. The topological polar surface area (TPSA) is 37.4 Å². The Hall–Kier alpha value is -0.650. The van der Waals surface area contributed by atoms with Gasteiger partial charge in [0, 0.05) is 32.1 Å². The normalized spacial score (nSPS) is 15.8. The van der Waals surface area contributed by atoms with Crippen LogP contribution in [0, 0.1) is 5.92 Å². The molecule has 120 valence electrons. The molecule has 0 aromatic carbocycles. The SMILES string of the molecule is CCCNCc1sc(N(C)CC2CCCC2)nc1COC. The Morgan fingerprint density at radius 3 is 2.81 bits per heavy atom. The van der Waals surface area contributed by atoms with Crippen LogP contribution in [-0.4, -0.2) is 32.2 Å². The second-order valence-corrected chi connectivity index (χ2v) is 7.07. The van der Waals surface area contributed by atoms with E-state index < -0.39 is 0 Å². The van der Waals surface area contributed by atoms with Gasteiger partial charge in [-0.2, -0.15) is 0 Å². The summed E-state index contributed by atoms with van der Waals surface area (Å²) in [6.07, 6.45) is 6.72. The quantitative estimate of drug-likeness (QED) is 0.709. The summed E-state index contributed by atoms with van der Waals surface area (Å²) in [5.41, 5.74) is 1.10. The lowest BCUT2D eigenvalue weighted by Gasteiger charge is -2.19. The standard InChI is InChI=1S/C16H29N3OS/c1-4-9-17-10-15-14(12-20-3)18-16(21-15)19(2)11-13-7-5-6-8-13/h13,17H,4-12H2,1-3H3. The molecule has 5 heteroatoms. The van der Waals surface area contributed by atoms with Crippen LogP contribution in [0.1, 0.15) is 49.6 Å². The Morgan fingerprint density at radius 1 is 1.38 bits per heavy atom. The van der Waals surface area contributed by atoms with Crippen LogP contribution in [0.15, 0.2) is 0 Å². The number of ether oxygens (including phenoxy) is 1. The van der Waals surface area contributed by atoms with E-state index in [1.165, 1.54) is 30.6 Å². The number of nitrogens with zero attached hydrogens (tertiary/aromatic N) is 2. The zero-order chi connectivity index (χ0) is 15.1. The first-order valence-corrected chi connectivity index (χ1v) is 8.95. The summed E-state index contributed by atoms with van der Waals surface area (Å²) >= 11 is 1.81. The van der Waals surface area contributed by atoms with E-state index in [0.29, 0.717) is 6.61 Å². The third-order valence-electron chi connectivity index (χ3n) is 4.09. The first-order chi connectivity index (χ1) is 10.2. The third-order valence-corrected chi connectivity index (χ3v) is 5.31. The minimum atomic E-state index is 0.608. The van der Waals surface area contributed by atoms with Crippen molar-refractivity contribution in [1.29, 1.82) is 0 Å². The van der Waals surface area contributed by atoms with Gasteiger partial charge >= 0.3 is 0 Å². The van der Waals surface area contributed by atoms with Gasteiger partial charge in [0.25, 0.3) is 0 Å². The van der Waals surface area contributed by atoms with Crippen LogP contribution >= 0.6 is 11.3 Å². The maximum atomic E-state index is 5.30. The maximum Gasteiger partial charge on any atom is 0.185 e. The van der Waals surface area contributed by atoms with Crippen molar-refractivity contribution in [3.05, 3.63) is 10.6 Å². The van der Waals surface area contributed by atoms with Gasteiger partial charge in [-0.3, -0.25) is 0 Å². The molecule has 1 aliphatic carbocycles. The zero-order valence-electron chi connectivity index (χ0n) is 13.7. The van der Waals surface area contributed by atoms with Crippen molar-refractivity contribution in [2.24, 2.45) is 5.92 Å². The number of methoxy groups -OCH3 is 1. The first-order valence-electron chi connectivity index (χ1n) is 8.14. The smallest absolute Gasteiger partial charge is 0.185 e. The van der Waals surface area contributed by atoms with Crippen molar-refractivity contribution in [1.82, 2.24) is 10.3 Å². The number of hydrogen-bond acceptors (Lipinski definition) is 5. The fourth-order valence-electron chi connectivity index (χ4n) is 2.96. The van der Waals surface area contributed by atoms with Crippen LogP contribution in [0.2, 0.25) is 0 Å². The molecule has 0 atom stereocenters. The van der Waals surface area contributed by atoms with Crippen molar-refractivity contribution in [3.8, 4) is 0 Å². The van der Waals surface area contributed by atoms with E-state index >= 15 is 0 Å². The molecule has 1 saturated carbocycles. The van der Waals surface area contributed by atoms with Crippen molar-refractivity contribution >= 4 is 16.5 Å². The summed E-state index contributed by atoms with van der Waals surface area (Å²) < 4.78 is 5.30.